The third kappa shape index (κ3) is 3.02. The molecule has 2 unspecified atom stereocenters. The zero-order valence-electron chi connectivity index (χ0n) is 11.7. The van der Waals surface area contributed by atoms with E-state index in [1.165, 1.54) is 37.1 Å². The van der Waals surface area contributed by atoms with Gasteiger partial charge in [-0.3, -0.25) is 9.69 Å². The first-order valence-corrected chi connectivity index (χ1v) is 7.50. The molecule has 20 heavy (non-hydrogen) atoms. The molecule has 1 aromatic carbocycles. The van der Waals surface area contributed by atoms with Crippen molar-refractivity contribution < 1.29 is 9.90 Å². The highest BCUT2D eigenvalue weighted by atomic mass is 16.4. The lowest BCUT2D eigenvalue weighted by molar-refractivity contribution is -0.141. The van der Waals surface area contributed by atoms with Crippen molar-refractivity contribution in [2.24, 2.45) is 5.92 Å². The summed E-state index contributed by atoms with van der Waals surface area (Å²) >= 11 is 0. The van der Waals surface area contributed by atoms with Gasteiger partial charge in [0, 0.05) is 19.1 Å². The van der Waals surface area contributed by atoms with Crippen molar-refractivity contribution >= 4 is 5.97 Å². The largest absolute Gasteiger partial charge is 0.481 e. The van der Waals surface area contributed by atoms with Gasteiger partial charge in [0.2, 0.25) is 0 Å². The summed E-state index contributed by atoms with van der Waals surface area (Å²) in [6.07, 6.45) is 3.34. The van der Waals surface area contributed by atoms with Crippen molar-refractivity contribution in [1.82, 2.24) is 10.2 Å². The average molecular weight is 274 g/mol. The first kappa shape index (κ1) is 13.6. The number of carboxylic acids is 1. The van der Waals surface area contributed by atoms with Crippen molar-refractivity contribution in [3.8, 4) is 0 Å². The van der Waals surface area contributed by atoms with E-state index in [2.05, 4.69) is 34.5 Å². The first-order chi connectivity index (χ1) is 9.72. The second-order valence-corrected chi connectivity index (χ2v) is 5.96. The molecule has 0 spiro atoms. The van der Waals surface area contributed by atoms with E-state index in [1.54, 1.807) is 0 Å². The molecular weight excluding hydrogens is 252 g/mol. The van der Waals surface area contributed by atoms with Crippen LogP contribution in [0, 0.1) is 5.92 Å². The van der Waals surface area contributed by atoms with E-state index in [1.807, 2.05) is 0 Å². The number of carbonyl (C=O) groups is 1. The van der Waals surface area contributed by atoms with Crippen LogP contribution < -0.4 is 5.32 Å². The number of likely N-dealkylation sites (tertiary alicyclic amines) is 1. The molecule has 0 saturated carbocycles. The van der Waals surface area contributed by atoms with Crippen LogP contribution in [0.25, 0.3) is 0 Å². The number of hydrogen-bond acceptors (Lipinski definition) is 3. The SMILES string of the molecule is O=C(O)C1CNC(c2ccc(CN3CCCC3)cc2)C1. The summed E-state index contributed by atoms with van der Waals surface area (Å²) in [5.41, 5.74) is 2.56. The highest BCUT2D eigenvalue weighted by Crippen LogP contribution is 2.27. The van der Waals surface area contributed by atoms with Crippen molar-refractivity contribution in [2.45, 2.75) is 31.8 Å². The fourth-order valence-electron chi connectivity index (χ4n) is 3.23. The lowest BCUT2D eigenvalue weighted by Crippen LogP contribution is -2.18. The molecule has 4 nitrogen and oxygen atoms in total. The van der Waals surface area contributed by atoms with Gasteiger partial charge in [-0.2, -0.15) is 0 Å². The van der Waals surface area contributed by atoms with E-state index in [0.717, 1.165) is 6.54 Å². The molecule has 0 amide bonds. The molecular formula is C16H22N2O2. The van der Waals surface area contributed by atoms with Crippen LogP contribution in [-0.4, -0.2) is 35.6 Å². The molecule has 2 atom stereocenters. The van der Waals surface area contributed by atoms with Crippen molar-refractivity contribution in [1.29, 1.82) is 0 Å². The van der Waals surface area contributed by atoms with Crippen LogP contribution in [0.3, 0.4) is 0 Å². The van der Waals surface area contributed by atoms with Gasteiger partial charge in [-0.25, -0.2) is 0 Å². The normalized spacial score (nSPS) is 27.0. The maximum absolute atomic E-state index is 11.0. The van der Waals surface area contributed by atoms with Gasteiger partial charge in [-0.15, -0.1) is 0 Å². The summed E-state index contributed by atoms with van der Waals surface area (Å²) in [5, 5.41) is 12.3. The van der Waals surface area contributed by atoms with Crippen LogP contribution in [0.4, 0.5) is 0 Å². The maximum atomic E-state index is 11.0. The van der Waals surface area contributed by atoms with Gasteiger partial charge in [-0.1, -0.05) is 24.3 Å². The Labute approximate surface area is 119 Å². The predicted octanol–water partition coefficient (Wildman–Crippen LogP) is 2.02. The summed E-state index contributed by atoms with van der Waals surface area (Å²) in [5.74, 6) is -0.935. The van der Waals surface area contributed by atoms with E-state index in [9.17, 15) is 4.79 Å². The quantitative estimate of drug-likeness (QED) is 0.882. The highest BCUT2D eigenvalue weighted by molar-refractivity contribution is 5.70. The van der Waals surface area contributed by atoms with Crippen LogP contribution in [0.15, 0.2) is 24.3 Å². The van der Waals surface area contributed by atoms with Crippen molar-refractivity contribution in [3.63, 3.8) is 0 Å². The Balaban J connectivity index is 1.60. The lowest BCUT2D eigenvalue weighted by Gasteiger charge is -2.16. The first-order valence-electron chi connectivity index (χ1n) is 7.50. The van der Waals surface area contributed by atoms with Crippen LogP contribution >= 0.6 is 0 Å². The van der Waals surface area contributed by atoms with Crippen LogP contribution in [0.1, 0.15) is 36.4 Å². The molecule has 0 aromatic heterocycles. The monoisotopic (exact) mass is 274 g/mol. The third-order valence-corrected chi connectivity index (χ3v) is 4.47. The van der Waals surface area contributed by atoms with E-state index < -0.39 is 5.97 Å². The number of aliphatic carboxylic acids is 1. The highest BCUT2D eigenvalue weighted by Gasteiger charge is 2.29. The molecule has 4 heteroatoms. The minimum atomic E-state index is -0.689. The van der Waals surface area contributed by atoms with E-state index >= 15 is 0 Å². The Kier molecular flexibility index (Phi) is 4.03. The number of benzene rings is 1. The fourth-order valence-corrected chi connectivity index (χ4v) is 3.23. The Morgan fingerprint density at radius 1 is 1.25 bits per heavy atom. The van der Waals surface area contributed by atoms with Crippen molar-refractivity contribution in [2.75, 3.05) is 19.6 Å². The summed E-state index contributed by atoms with van der Waals surface area (Å²) in [4.78, 5) is 13.5. The summed E-state index contributed by atoms with van der Waals surface area (Å²) in [6.45, 7) is 4.05. The topological polar surface area (TPSA) is 52.6 Å². The summed E-state index contributed by atoms with van der Waals surface area (Å²) in [6, 6.07) is 8.85. The Bertz CT molecular complexity index is 466. The number of nitrogens with one attached hydrogen (secondary N) is 1. The number of rotatable bonds is 4. The summed E-state index contributed by atoms with van der Waals surface area (Å²) in [7, 11) is 0. The van der Waals surface area contributed by atoms with Crippen LogP contribution in [0.2, 0.25) is 0 Å². The zero-order chi connectivity index (χ0) is 13.9. The van der Waals surface area contributed by atoms with Gasteiger partial charge in [-0.05, 0) is 43.5 Å². The zero-order valence-corrected chi connectivity index (χ0v) is 11.7. The Morgan fingerprint density at radius 2 is 1.95 bits per heavy atom. The molecule has 0 aliphatic carbocycles. The standard InChI is InChI=1S/C16H22N2O2/c19-16(20)14-9-15(17-10-14)13-5-3-12(4-6-13)11-18-7-1-2-8-18/h3-6,14-15,17H,1-2,7-11H2,(H,19,20). The third-order valence-electron chi connectivity index (χ3n) is 4.47. The van der Waals surface area contributed by atoms with Gasteiger partial charge in [0.15, 0.2) is 0 Å². The average Bonchev–Trinajstić information content (AvgIpc) is 3.10. The van der Waals surface area contributed by atoms with Gasteiger partial charge in [0.25, 0.3) is 0 Å². The summed E-state index contributed by atoms with van der Waals surface area (Å²) < 4.78 is 0. The smallest absolute Gasteiger partial charge is 0.307 e. The maximum Gasteiger partial charge on any atom is 0.307 e. The van der Waals surface area contributed by atoms with Gasteiger partial charge < -0.3 is 10.4 Å². The molecule has 2 saturated heterocycles. The molecule has 2 aliphatic heterocycles. The molecule has 2 N–H and O–H groups in total. The number of hydrogen-bond donors (Lipinski definition) is 2. The van der Waals surface area contributed by atoms with E-state index in [0.29, 0.717) is 13.0 Å². The molecule has 3 rings (SSSR count). The van der Waals surface area contributed by atoms with Crippen LogP contribution in [0.5, 0.6) is 0 Å². The van der Waals surface area contributed by atoms with Gasteiger partial charge in [0.1, 0.15) is 0 Å². The molecule has 108 valence electrons. The molecule has 1 aromatic rings. The second-order valence-electron chi connectivity index (χ2n) is 5.96. The second kappa shape index (κ2) is 5.94. The Hall–Kier alpha value is -1.39. The number of carboxylic acid groups (broad SMARTS) is 1. The lowest BCUT2D eigenvalue weighted by atomic mass is 9.99. The van der Waals surface area contributed by atoms with Gasteiger partial charge in [0.05, 0.1) is 5.92 Å². The molecule has 2 fully saturated rings. The van der Waals surface area contributed by atoms with E-state index in [4.69, 9.17) is 5.11 Å². The Morgan fingerprint density at radius 3 is 2.55 bits per heavy atom. The molecule has 2 heterocycles. The van der Waals surface area contributed by atoms with Crippen molar-refractivity contribution in [3.05, 3.63) is 35.4 Å². The molecule has 0 radical (unpaired) electrons. The minimum Gasteiger partial charge on any atom is -0.481 e. The predicted molar refractivity (Wildman–Crippen MR) is 77.4 cm³/mol. The van der Waals surface area contributed by atoms with Crippen LogP contribution in [-0.2, 0) is 11.3 Å². The minimum absolute atomic E-state index is 0.192. The van der Waals surface area contributed by atoms with E-state index in [-0.39, 0.29) is 12.0 Å². The molecule has 0 bridgehead atoms. The fraction of sp³-hybridized carbons (Fsp3) is 0.562. The molecule has 2 aliphatic rings. The number of nitrogens with zero attached hydrogens (tertiary/aromatic N) is 1. The van der Waals surface area contributed by atoms with Gasteiger partial charge >= 0.3 is 5.97 Å².